The summed E-state index contributed by atoms with van der Waals surface area (Å²) < 4.78 is 7.08. The van der Waals surface area contributed by atoms with Crippen LogP contribution in [-0.2, 0) is 27.5 Å². The summed E-state index contributed by atoms with van der Waals surface area (Å²) in [5.74, 6) is -0.358. The van der Waals surface area contributed by atoms with Crippen molar-refractivity contribution in [2.75, 3.05) is 5.01 Å². The Morgan fingerprint density at radius 1 is 1.28 bits per heavy atom. The van der Waals surface area contributed by atoms with Crippen molar-refractivity contribution < 1.29 is 14.3 Å². The summed E-state index contributed by atoms with van der Waals surface area (Å²) in [6.45, 7) is 2.96. The second-order valence-electron chi connectivity index (χ2n) is 5.59. The summed E-state index contributed by atoms with van der Waals surface area (Å²) in [6.07, 6.45) is 4.85. The van der Waals surface area contributed by atoms with E-state index in [9.17, 15) is 9.59 Å². The van der Waals surface area contributed by atoms with Gasteiger partial charge in [-0.15, -0.1) is 0 Å². The zero-order chi connectivity index (χ0) is 17.6. The molecule has 2 aromatic heterocycles. The molecule has 1 amide bonds. The fourth-order valence-corrected chi connectivity index (χ4v) is 2.42. The zero-order valence-corrected chi connectivity index (χ0v) is 14.0. The first-order valence-corrected chi connectivity index (χ1v) is 8.18. The Morgan fingerprint density at radius 2 is 2.16 bits per heavy atom. The Labute approximate surface area is 145 Å². The van der Waals surface area contributed by atoms with Crippen molar-refractivity contribution in [2.45, 2.75) is 39.3 Å². The first-order valence-electron chi connectivity index (χ1n) is 8.18. The quantitative estimate of drug-likeness (QED) is 0.749. The molecule has 2 aromatic rings. The van der Waals surface area contributed by atoms with Gasteiger partial charge in [0.1, 0.15) is 12.3 Å². The van der Waals surface area contributed by atoms with Crippen molar-refractivity contribution in [1.82, 2.24) is 14.8 Å². The third-order valence-electron chi connectivity index (χ3n) is 3.63. The Morgan fingerprint density at radius 3 is 2.92 bits per heavy atom. The fraction of sp³-hybridized carbons (Fsp3) is 0.353. The van der Waals surface area contributed by atoms with Gasteiger partial charge in [-0.3, -0.25) is 9.48 Å². The number of ether oxygens (including phenoxy) is 1. The molecular weight excluding hydrogens is 322 g/mol. The Bertz CT molecular complexity index is 785. The predicted molar refractivity (Wildman–Crippen MR) is 90.7 cm³/mol. The molecule has 0 aromatic carbocycles. The van der Waals surface area contributed by atoms with E-state index >= 15 is 0 Å². The van der Waals surface area contributed by atoms with Gasteiger partial charge in [0.25, 0.3) is 0 Å². The van der Waals surface area contributed by atoms with Crippen LogP contribution in [0.4, 0.5) is 5.82 Å². The molecule has 0 N–H and O–H groups in total. The SMILES string of the molecule is CCCn1ccc(COC(=O)C2=NN(c3ccccn3)C(=O)CC2)n1. The molecule has 0 spiro atoms. The van der Waals surface area contributed by atoms with Crippen LogP contribution in [0.3, 0.4) is 0 Å². The Hall–Kier alpha value is -3.03. The van der Waals surface area contributed by atoms with Crippen molar-refractivity contribution in [3.8, 4) is 0 Å². The number of aryl methyl sites for hydroxylation is 1. The first-order chi connectivity index (χ1) is 12.2. The molecule has 0 bridgehead atoms. The summed E-state index contributed by atoms with van der Waals surface area (Å²) in [5.41, 5.74) is 0.883. The Kier molecular flexibility index (Phi) is 5.17. The maximum atomic E-state index is 12.2. The third-order valence-corrected chi connectivity index (χ3v) is 3.63. The van der Waals surface area contributed by atoms with Gasteiger partial charge in [-0.05, 0) is 24.6 Å². The van der Waals surface area contributed by atoms with Gasteiger partial charge < -0.3 is 4.74 Å². The normalized spacial score (nSPS) is 14.4. The average molecular weight is 341 g/mol. The molecule has 0 aliphatic carbocycles. The second-order valence-corrected chi connectivity index (χ2v) is 5.59. The van der Waals surface area contributed by atoms with E-state index in [1.807, 2.05) is 16.9 Å². The highest BCUT2D eigenvalue weighted by molar-refractivity contribution is 6.37. The summed E-state index contributed by atoms with van der Waals surface area (Å²) in [7, 11) is 0. The molecule has 1 aliphatic heterocycles. The number of nitrogens with zero attached hydrogens (tertiary/aromatic N) is 5. The number of amides is 1. The third kappa shape index (κ3) is 4.09. The van der Waals surface area contributed by atoms with E-state index in [1.165, 1.54) is 0 Å². The number of hydrogen-bond donors (Lipinski definition) is 0. The van der Waals surface area contributed by atoms with Gasteiger partial charge in [0, 0.05) is 31.8 Å². The van der Waals surface area contributed by atoms with E-state index in [1.54, 1.807) is 24.4 Å². The monoisotopic (exact) mass is 341 g/mol. The summed E-state index contributed by atoms with van der Waals surface area (Å²) in [4.78, 5) is 28.4. The first kappa shape index (κ1) is 16.8. The predicted octanol–water partition coefficient (Wildman–Crippen LogP) is 1.91. The minimum Gasteiger partial charge on any atom is -0.455 e. The smallest absolute Gasteiger partial charge is 0.354 e. The van der Waals surface area contributed by atoms with Crippen LogP contribution in [0.1, 0.15) is 31.9 Å². The van der Waals surface area contributed by atoms with Crippen molar-refractivity contribution in [1.29, 1.82) is 0 Å². The Balaban J connectivity index is 1.65. The molecule has 0 fully saturated rings. The fourth-order valence-electron chi connectivity index (χ4n) is 2.42. The summed E-state index contributed by atoms with van der Waals surface area (Å²) in [5, 5.41) is 9.58. The van der Waals surface area contributed by atoms with E-state index < -0.39 is 5.97 Å². The number of carbonyl (C=O) groups excluding carboxylic acids is 2. The summed E-state index contributed by atoms with van der Waals surface area (Å²) >= 11 is 0. The molecule has 25 heavy (non-hydrogen) atoms. The molecule has 8 nitrogen and oxygen atoms in total. The zero-order valence-electron chi connectivity index (χ0n) is 14.0. The van der Waals surface area contributed by atoms with E-state index in [0.29, 0.717) is 11.5 Å². The molecule has 0 unspecified atom stereocenters. The maximum Gasteiger partial charge on any atom is 0.354 e. The van der Waals surface area contributed by atoms with Crippen LogP contribution in [0, 0.1) is 0 Å². The van der Waals surface area contributed by atoms with E-state index in [-0.39, 0.29) is 31.1 Å². The van der Waals surface area contributed by atoms with Gasteiger partial charge in [-0.25, -0.2) is 9.78 Å². The lowest BCUT2D eigenvalue weighted by atomic mass is 10.1. The number of carbonyl (C=O) groups is 2. The number of esters is 1. The number of hydrazone groups is 1. The highest BCUT2D eigenvalue weighted by Crippen LogP contribution is 2.18. The number of rotatable bonds is 6. The number of hydrogen-bond acceptors (Lipinski definition) is 6. The topological polar surface area (TPSA) is 89.7 Å². The van der Waals surface area contributed by atoms with Gasteiger partial charge in [0.05, 0.1) is 5.69 Å². The molecular formula is C17H19N5O3. The molecule has 0 saturated heterocycles. The average Bonchev–Trinajstić information content (AvgIpc) is 3.09. The molecule has 3 heterocycles. The number of aromatic nitrogens is 3. The van der Waals surface area contributed by atoms with Gasteiger partial charge >= 0.3 is 5.97 Å². The van der Waals surface area contributed by atoms with Crippen molar-refractivity contribution in [2.24, 2.45) is 5.10 Å². The molecule has 0 atom stereocenters. The van der Waals surface area contributed by atoms with E-state index in [2.05, 4.69) is 22.1 Å². The van der Waals surface area contributed by atoms with E-state index in [4.69, 9.17) is 4.74 Å². The molecule has 0 saturated carbocycles. The van der Waals surface area contributed by atoms with Crippen molar-refractivity contribution in [3.63, 3.8) is 0 Å². The molecule has 8 heteroatoms. The van der Waals surface area contributed by atoms with Crippen LogP contribution >= 0.6 is 0 Å². The van der Waals surface area contributed by atoms with Crippen LogP contribution in [-0.4, -0.2) is 32.4 Å². The lowest BCUT2D eigenvalue weighted by Gasteiger charge is -2.21. The maximum absolute atomic E-state index is 12.2. The highest BCUT2D eigenvalue weighted by Gasteiger charge is 2.27. The lowest BCUT2D eigenvalue weighted by molar-refractivity contribution is -0.137. The van der Waals surface area contributed by atoms with Gasteiger partial charge in [-0.2, -0.15) is 15.2 Å². The van der Waals surface area contributed by atoms with Gasteiger partial charge in [0.2, 0.25) is 5.91 Å². The van der Waals surface area contributed by atoms with Crippen LogP contribution in [0.15, 0.2) is 41.8 Å². The standard InChI is InChI=1S/C17H19N5O3/c1-2-10-21-11-8-13(19-21)12-25-17(24)14-6-7-16(23)22(20-14)15-5-3-4-9-18-15/h3-5,8-9,11H,2,6-7,10,12H2,1H3. The number of pyridine rings is 1. The van der Waals surface area contributed by atoms with Crippen LogP contribution in [0.2, 0.25) is 0 Å². The lowest BCUT2D eigenvalue weighted by Crippen LogP contribution is -2.35. The van der Waals surface area contributed by atoms with Crippen LogP contribution in [0.5, 0.6) is 0 Å². The molecule has 1 aliphatic rings. The minimum atomic E-state index is -0.543. The van der Waals surface area contributed by atoms with Crippen LogP contribution in [0.25, 0.3) is 0 Å². The minimum absolute atomic E-state index is 0.0755. The second kappa shape index (κ2) is 7.69. The van der Waals surface area contributed by atoms with Crippen molar-refractivity contribution in [3.05, 3.63) is 42.4 Å². The highest BCUT2D eigenvalue weighted by atomic mass is 16.5. The van der Waals surface area contributed by atoms with Crippen molar-refractivity contribution >= 4 is 23.4 Å². The largest absolute Gasteiger partial charge is 0.455 e. The van der Waals surface area contributed by atoms with Crippen LogP contribution < -0.4 is 5.01 Å². The molecule has 0 radical (unpaired) electrons. The number of anilines is 1. The molecule has 130 valence electrons. The molecule has 3 rings (SSSR count). The van der Waals surface area contributed by atoms with Gasteiger partial charge in [0.15, 0.2) is 5.82 Å². The summed E-state index contributed by atoms with van der Waals surface area (Å²) in [6, 6.07) is 6.98. The van der Waals surface area contributed by atoms with E-state index in [0.717, 1.165) is 18.0 Å². The van der Waals surface area contributed by atoms with Gasteiger partial charge in [-0.1, -0.05) is 13.0 Å².